The summed E-state index contributed by atoms with van der Waals surface area (Å²) in [6.45, 7) is 5.37. The molecule has 0 aliphatic heterocycles. The molecule has 0 aromatic carbocycles. The fourth-order valence-corrected chi connectivity index (χ4v) is 1.86. The third-order valence-electron chi connectivity index (χ3n) is 2.32. The summed E-state index contributed by atoms with van der Waals surface area (Å²) in [4.78, 5) is 7.57. The highest BCUT2D eigenvalue weighted by Gasteiger charge is 2.08. The van der Waals surface area contributed by atoms with Gasteiger partial charge < -0.3 is 5.73 Å². The summed E-state index contributed by atoms with van der Waals surface area (Å²) >= 11 is 1.57. The number of thiazole rings is 1. The molecule has 1 aromatic heterocycles. The van der Waals surface area contributed by atoms with Crippen LogP contribution in [-0.4, -0.2) is 23.0 Å². The number of hydrogen-bond donors (Lipinski definition) is 1. The largest absolute Gasteiger partial charge is 0.375 e. The van der Waals surface area contributed by atoms with Crippen molar-refractivity contribution >= 4 is 16.5 Å². The molecule has 4 heteroatoms. The van der Waals surface area contributed by atoms with Gasteiger partial charge in [0.15, 0.2) is 5.13 Å². The zero-order valence-corrected chi connectivity index (χ0v) is 9.27. The summed E-state index contributed by atoms with van der Waals surface area (Å²) in [5.74, 6) is 0. The summed E-state index contributed by atoms with van der Waals surface area (Å²) in [5.41, 5.74) is 5.55. The Morgan fingerprint density at radius 1 is 1.69 bits per heavy atom. The number of hydrogen-bond acceptors (Lipinski definition) is 4. The van der Waals surface area contributed by atoms with E-state index in [0.717, 1.165) is 6.54 Å². The van der Waals surface area contributed by atoms with Crippen molar-refractivity contribution in [3.8, 4) is 0 Å². The van der Waals surface area contributed by atoms with E-state index in [2.05, 4.69) is 30.8 Å². The molecule has 0 amide bonds. The molecule has 0 bridgehead atoms. The zero-order chi connectivity index (χ0) is 9.84. The van der Waals surface area contributed by atoms with Crippen LogP contribution >= 0.6 is 11.3 Å². The molecular weight excluding hydrogens is 182 g/mol. The quantitative estimate of drug-likeness (QED) is 0.806. The van der Waals surface area contributed by atoms with Crippen LogP contribution in [0.1, 0.15) is 25.1 Å². The molecule has 1 heterocycles. The summed E-state index contributed by atoms with van der Waals surface area (Å²) < 4.78 is 0. The molecule has 2 N–H and O–H groups in total. The van der Waals surface area contributed by atoms with Crippen molar-refractivity contribution < 1.29 is 0 Å². The number of anilines is 1. The van der Waals surface area contributed by atoms with Gasteiger partial charge in [0.1, 0.15) is 0 Å². The number of nitrogens with zero attached hydrogens (tertiary/aromatic N) is 2. The van der Waals surface area contributed by atoms with Gasteiger partial charge in [-0.3, -0.25) is 4.90 Å². The lowest BCUT2D eigenvalue weighted by Crippen LogP contribution is -2.27. The normalized spacial score (nSPS) is 13.5. The van der Waals surface area contributed by atoms with Crippen LogP contribution in [0.15, 0.2) is 6.20 Å². The molecule has 13 heavy (non-hydrogen) atoms. The maximum atomic E-state index is 5.55. The second kappa shape index (κ2) is 4.58. The number of aromatic nitrogens is 1. The van der Waals surface area contributed by atoms with Crippen molar-refractivity contribution in [1.29, 1.82) is 0 Å². The fraction of sp³-hybridized carbons (Fsp3) is 0.667. The van der Waals surface area contributed by atoms with Crippen LogP contribution in [-0.2, 0) is 6.54 Å². The van der Waals surface area contributed by atoms with E-state index in [9.17, 15) is 0 Å². The average molecular weight is 199 g/mol. The van der Waals surface area contributed by atoms with E-state index in [1.807, 2.05) is 6.20 Å². The minimum absolute atomic E-state index is 0.614. The van der Waals surface area contributed by atoms with Crippen molar-refractivity contribution in [2.75, 3.05) is 12.8 Å². The van der Waals surface area contributed by atoms with Crippen molar-refractivity contribution in [3.05, 3.63) is 11.1 Å². The Morgan fingerprint density at radius 3 is 2.85 bits per heavy atom. The predicted molar refractivity (Wildman–Crippen MR) is 57.7 cm³/mol. The lowest BCUT2D eigenvalue weighted by atomic mass is 10.2. The minimum Gasteiger partial charge on any atom is -0.375 e. The van der Waals surface area contributed by atoms with Crippen molar-refractivity contribution in [3.63, 3.8) is 0 Å². The molecule has 1 atom stereocenters. The Bertz CT molecular complexity index is 259. The first-order valence-electron chi connectivity index (χ1n) is 4.54. The van der Waals surface area contributed by atoms with E-state index in [4.69, 9.17) is 5.73 Å². The highest BCUT2D eigenvalue weighted by atomic mass is 32.1. The standard InChI is InChI=1S/C9H17N3S/c1-4-7(2)12(3)6-8-5-11-9(10)13-8/h5,7H,4,6H2,1-3H3,(H2,10,11). The summed E-state index contributed by atoms with van der Waals surface area (Å²) in [5, 5.41) is 0.660. The first-order chi connectivity index (χ1) is 6.13. The van der Waals surface area contributed by atoms with Crippen molar-refractivity contribution in [2.24, 2.45) is 0 Å². The first kappa shape index (κ1) is 10.5. The monoisotopic (exact) mass is 199 g/mol. The molecule has 0 aliphatic carbocycles. The molecule has 0 spiro atoms. The lowest BCUT2D eigenvalue weighted by molar-refractivity contribution is 0.246. The first-order valence-corrected chi connectivity index (χ1v) is 5.35. The maximum absolute atomic E-state index is 5.55. The summed E-state index contributed by atoms with van der Waals surface area (Å²) in [6.07, 6.45) is 3.03. The Kier molecular flexibility index (Phi) is 3.69. The van der Waals surface area contributed by atoms with Crippen LogP contribution in [0.5, 0.6) is 0 Å². The lowest BCUT2D eigenvalue weighted by Gasteiger charge is -2.22. The van der Waals surface area contributed by atoms with Gasteiger partial charge in [0.05, 0.1) is 0 Å². The Balaban J connectivity index is 2.49. The Morgan fingerprint density at radius 2 is 2.38 bits per heavy atom. The number of nitrogens with two attached hydrogens (primary N) is 1. The predicted octanol–water partition coefficient (Wildman–Crippen LogP) is 1.96. The van der Waals surface area contributed by atoms with Gasteiger partial charge >= 0.3 is 0 Å². The van der Waals surface area contributed by atoms with Crippen molar-refractivity contribution in [2.45, 2.75) is 32.9 Å². The topological polar surface area (TPSA) is 42.2 Å². The smallest absolute Gasteiger partial charge is 0.180 e. The molecular formula is C9H17N3S. The average Bonchev–Trinajstić information content (AvgIpc) is 2.49. The molecule has 0 saturated heterocycles. The van der Waals surface area contributed by atoms with Crippen LogP contribution in [0, 0.1) is 0 Å². The highest BCUT2D eigenvalue weighted by molar-refractivity contribution is 7.15. The van der Waals surface area contributed by atoms with Gasteiger partial charge in [0.25, 0.3) is 0 Å². The Labute approximate surface area is 83.6 Å². The van der Waals surface area contributed by atoms with E-state index >= 15 is 0 Å². The van der Waals surface area contributed by atoms with E-state index in [-0.39, 0.29) is 0 Å². The van der Waals surface area contributed by atoms with E-state index < -0.39 is 0 Å². The number of rotatable bonds is 4. The Hall–Kier alpha value is -0.610. The SMILES string of the molecule is CCC(C)N(C)Cc1cnc(N)s1. The molecule has 1 aromatic rings. The van der Waals surface area contributed by atoms with Crippen LogP contribution in [0.3, 0.4) is 0 Å². The third-order valence-corrected chi connectivity index (χ3v) is 3.13. The summed E-state index contributed by atoms with van der Waals surface area (Å²) in [6, 6.07) is 0.614. The van der Waals surface area contributed by atoms with Crippen LogP contribution in [0.4, 0.5) is 5.13 Å². The highest BCUT2D eigenvalue weighted by Crippen LogP contribution is 2.17. The molecule has 0 saturated carbocycles. The van der Waals surface area contributed by atoms with Gasteiger partial charge in [-0.25, -0.2) is 4.98 Å². The van der Waals surface area contributed by atoms with Crippen molar-refractivity contribution in [1.82, 2.24) is 9.88 Å². The van der Waals surface area contributed by atoms with Gasteiger partial charge in [-0.1, -0.05) is 6.92 Å². The van der Waals surface area contributed by atoms with Crippen LogP contribution in [0.2, 0.25) is 0 Å². The van der Waals surface area contributed by atoms with Gasteiger partial charge in [-0.15, -0.1) is 11.3 Å². The van der Waals surface area contributed by atoms with Gasteiger partial charge in [-0.05, 0) is 20.4 Å². The molecule has 0 aliphatic rings. The summed E-state index contributed by atoms with van der Waals surface area (Å²) in [7, 11) is 2.13. The van der Waals surface area contributed by atoms with E-state index in [0.29, 0.717) is 11.2 Å². The van der Waals surface area contributed by atoms with Gasteiger partial charge in [0, 0.05) is 23.7 Å². The van der Waals surface area contributed by atoms with Crippen LogP contribution in [0.25, 0.3) is 0 Å². The molecule has 3 nitrogen and oxygen atoms in total. The molecule has 0 fully saturated rings. The molecule has 1 unspecified atom stereocenters. The second-order valence-corrected chi connectivity index (χ2v) is 4.48. The van der Waals surface area contributed by atoms with Gasteiger partial charge in [0.2, 0.25) is 0 Å². The van der Waals surface area contributed by atoms with Gasteiger partial charge in [-0.2, -0.15) is 0 Å². The minimum atomic E-state index is 0.614. The van der Waals surface area contributed by atoms with E-state index in [1.54, 1.807) is 11.3 Å². The second-order valence-electron chi connectivity index (χ2n) is 3.34. The third kappa shape index (κ3) is 2.97. The maximum Gasteiger partial charge on any atom is 0.180 e. The number of nitrogen functional groups attached to an aromatic ring is 1. The molecule has 0 radical (unpaired) electrons. The van der Waals surface area contributed by atoms with E-state index in [1.165, 1.54) is 11.3 Å². The molecule has 74 valence electrons. The zero-order valence-electron chi connectivity index (χ0n) is 8.45. The van der Waals surface area contributed by atoms with Crippen LogP contribution < -0.4 is 5.73 Å². The fourth-order valence-electron chi connectivity index (χ4n) is 1.11. The molecule has 1 rings (SSSR count).